The first-order chi connectivity index (χ1) is 5.13. The second-order valence-electron chi connectivity index (χ2n) is 2.38. The van der Waals surface area contributed by atoms with Crippen LogP contribution in [-0.4, -0.2) is 11.1 Å². The van der Waals surface area contributed by atoms with Gasteiger partial charge in [0.15, 0.2) is 0 Å². The van der Waals surface area contributed by atoms with Gasteiger partial charge in [0.05, 0.1) is 0 Å². The third-order valence-corrected chi connectivity index (χ3v) is 1.67. The van der Waals surface area contributed by atoms with Gasteiger partial charge in [-0.3, -0.25) is 0 Å². The zero-order valence-electron chi connectivity index (χ0n) is 7.05. The lowest BCUT2D eigenvalue weighted by Gasteiger charge is -2.02. The Balaban J connectivity index is 4.52. The van der Waals surface area contributed by atoms with Gasteiger partial charge in [0.25, 0.3) is 0 Å². The topological polar surface area (TPSA) is 37.3 Å². The average Bonchev–Trinajstić information content (AvgIpc) is 1.98. The Morgan fingerprint density at radius 3 is 2.45 bits per heavy atom. The summed E-state index contributed by atoms with van der Waals surface area (Å²) in [6, 6.07) is 0. The monoisotopic (exact) mass is 154 g/mol. The molecule has 62 valence electrons. The summed E-state index contributed by atoms with van der Waals surface area (Å²) >= 11 is 0. The maximum atomic E-state index is 10.5. The van der Waals surface area contributed by atoms with Gasteiger partial charge in [-0.2, -0.15) is 0 Å². The average molecular weight is 154 g/mol. The van der Waals surface area contributed by atoms with Crippen LogP contribution in [0.15, 0.2) is 23.8 Å². The minimum absolute atomic E-state index is 0.451. The molecule has 2 heteroatoms. The van der Waals surface area contributed by atoms with Gasteiger partial charge in [-0.15, -0.1) is 6.58 Å². The van der Waals surface area contributed by atoms with Crippen LogP contribution in [0.4, 0.5) is 0 Å². The van der Waals surface area contributed by atoms with Crippen molar-refractivity contribution in [3.8, 4) is 0 Å². The molecule has 1 N–H and O–H groups in total. The molecule has 0 amide bonds. The van der Waals surface area contributed by atoms with Crippen LogP contribution in [0.3, 0.4) is 0 Å². The van der Waals surface area contributed by atoms with Crippen LogP contribution < -0.4 is 0 Å². The number of hydrogen-bond acceptors (Lipinski definition) is 1. The summed E-state index contributed by atoms with van der Waals surface area (Å²) in [7, 11) is 0. The SMILES string of the molecule is C=CCC(CC)=C(C)C(=O)O. The van der Waals surface area contributed by atoms with Gasteiger partial charge >= 0.3 is 5.97 Å². The third-order valence-electron chi connectivity index (χ3n) is 1.67. The second kappa shape index (κ2) is 4.72. The van der Waals surface area contributed by atoms with E-state index in [1.54, 1.807) is 13.0 Å². The van der Waals surface area contributed by atoms with Crippen molar-refractivity contribution in [2.75, 3.05) is 0 Å². The number of hydrogen-bond donors (Lipinski definition) is 1. The number of carboxylic acid groups (broad SMARTS) is 1. The van der Waals surface area contributed by atoms with Crippen molar-refractivity contribution in [2.45, 2.75) is 26.7 Å². The first-order valence-corrected chi connectivity index (χ1v) is 3.66. The molecule has 0 saturated carbocycles. The predicted molar refractivity (Wildman–Crippen MR) is 45.4 cm³/mol. The highest BCUT2D eigenvalue weighted by molar-refractivity contribution is 5.86. The van der Waals surface area contributed by atoms with Crippen molar-refractivity contribution in [2.24, 2.45) is 0 Å². The molecule has 0 aromatic carbocycles. The van der Waals surface area contributed by atoms with E-state index in [-0.39, 0.29) is 0 Å². The van der Waals surface area contributed by atoms with Crippen molar-refractivity contribution in [3.63, 3.8) is 0 Å². The highest BCUT2D eigenvalue weighted by Crippen LogP contribution is 2.12. The lowest BCUT2D eigenvalue weighted by molar-refractivity contribution is -0.132. The normalized spacial score (nSPS) is 12.2. The lowest BCUT2D eigenvalue weighted by atomic mass is 10.0. The Kier molecular flexibility index (Phi) is 4.27. The molecule has 0 heterocycles. The van der Waals surface area contributed by atoms with Gasteiger partial charge in [0.1, 0.15) is 0 Å². The Bertz CT molecular complexity index is 190. The van der Waals surface area contributed by atoms with Crippen LogP contribution in [0, 0.1) is 0 Å². The van der Waals surface area contributed by atoms with Crippen LogP contribution in [-0.2, 0) is 4.79 Å². The van der Waals surface area contributed by atoms with E-state index in [9.17, 15) is 4.79 Å². The van der Waals surface area contributed by atoms with Gasteiger partial charge in [-0.1, -0.05) is 18.6 Å². The fourth-order valence-corrected chi connectivity index (χ4v) is 0.888. The number of rotatable bonds is 4. The maximum absolute atomic E-state index is 10.5. The number of allylic oxidation sites excluding steroid dienone is 2. The smallest absolute Gasteiger partial charge is 0.331 e. The number of carboxylic acids is 1. The van der Waals surface area contributed by atoms with Crippen molar-refractivity contribution in [3.05, 3.63) is 23.8 Å². The standard InChI is InChI=1S/C9H14O2/c1-4-6-8(5-2)7(3)9(10)11/h4H,1,5-6H2,2-3H3,(H,10,11). The molecule has 2 nitrogen and oxygen atoms in total. The predicted octanol–water partition coefficient (Wildman–Crippen LogP) is 2.37. The lowest BCUT2D eigenvalue weighted by Crippen LogP contribution is -2.00. The Hall–Kier alpha value is -1.05. The van der Waals surface area contributed by atoms with Crippen molar-refractivity contribution in [1.29, 1.82) is 0 Å². The summed E-state index contributed by atoms with van der Waals surface area (Å²) in [5.41, 5.74) is 1.40. The Morgan fingerprint density at radius 2 is 2.18 bits per heavy atom. The molecule has 0 unspecified atom stereocenters. The van der Waals surface area contributed by atoms with Gasteiger partial charge < -0.3 is 5.11 Å². The molecular formula is C9H14O2. The van der Waals surface area contributed by atoms with E-state index >= 15 is 0 Å². The van der Waals surface area contributed by atoms with Gasteiger partial charge in [-0.25, -0.2) is 4.79 Å². The van der Waals surface area contributed by atoms with E-state index in [1.807, 2.05) is 6.92 Å². The Labute approximate surface area is 67.2 Å². The first kappa shape index (κ1) is 9.95. The molecule has 0 rings (SSSR count). The van der Waals surface area contributed by atoms with Crippen LogP contribution in [0.2, 0.25) is 0 Å². The second-order valence-corrected chi connectivity index (χ2v) is 2.38. The summed E-state index contributed by atoms with van der Waals surface area (Å²) in [6.45, 7) is 7.14. The molecule has 0 aliphatic carbocycles. The Morgan fingerprint density at radius 1 is 1.64 bits per heavy atom. The van der Waals surface area contributed by atoms with Crippen LogP contribution in [0.1, 0.15) is 26.7 Å². The van der Waals surface area contributed by atoms with Gasteiger partial charge in [0, 0.05) is 5.57 Å². The van der Waals surface area contributed by atoms with Crippen LogP contribution >= 0.6 is 0 Å². The summed E-state index contributed by atoms with van der Waals surface area (Å²) < 4.78 is 0. The van der Waals surface area contributed by atoms with Crippen LogP contribution in [0.5, 0.6) is 0 Å². The summed E-state index contributed by atoms with van der Waals surface area (Å²) in [5.74, 6) is -0.830. The summed E-state index contributed by atoms with van der Waals surface area (Å²) in [4.78, 5) is 10.5. The first-order valence-electron chi connectivity index (χ1n) is 3.66. The quantitative estimate of drug-likeness (QED) is 0.498. The molecule has 0 aliphatic rings. The molecule has 0 bridgehead atoms. The fraction of sp³-hybridized carbons (Fsp3) is 0.444. The zero-order chi connectivity index (χ0) is 8.85. The van der Waals surface area contributed by atoms with Crippen molar-refractivity contribution < 1.29 is 9.90 Å². The molecule has 0 saturated heterocycles. The van der Waals surface area contributed by atoms with Crippen LogP contribution in [0.25, 0.3) is 0 Å². The fourth-order valence-electron chi connectivity index (χ4n) is 0.888. The molecule has 0 atom stereocenters. The largest absolute Gasteiger partial charge is 0.478 e. The van der Waals surface area contributed by atoms with Gasteiger partial charge in [0.2, 0.25) is 0 Å². The van der Waals surface area contributed by atoms with E-state index in [2.05, 4.69) is 6.58 Å². The molecule has 0 aliphatic heterocycles. The molecule has 0 radical (unpaired) electrons. The molecule has 0 spiro atoms. The van der Waals surface area contributed by atoms with E-state index < -0.39 is 5.97 Å². The number of carbonyl (C=O) groups is 1. The summed E-state index contributed by atoms with van der Waals surface area (Å²) in [6.07, 6.45) is 3.18. The minimum atomic E-state index is -0.830. The van der Waals surface area contributed by atoms with E-state index in [0.29, 0.717) is 12.0 Å². The number of aliphatic carboxylic acids is 1. The molecule has 0 aromatic rings. The maximum Gasteiger partial charge on any atom is 0.331 e. The molecule has 0 aromatic heterocycles. The van der Waals surface area contributed by atoms with E-state index in [1.165, 1.54) is 0 Å². The third kappa shape index (κ3) is 3.03. The molecular weight excluding hydrogens is 140 g/mol. The van der Waals surface area contributed by atoms with Gasteiger partial charge in [-0.05, 0) is 19.8 Å². The van der Waals surface area contributed by atoms with Crippen molar-refractivity contribution in [1.82, 2.24) is 0 Å². The molecule has 11 heavy (non-hydrogen) atoms. The minimum Gasteiger partial charge on any atom is -0.478 e. The molecule has 0 fully saturated rings. The van der Waals surface area contributed by atoms with Crippen molar-refractivity contribution >= 4 is 5.97 Å². The highest BCUT2D eigenvalue weighted by Gasteiger charge is 2.05. The summed E-state index contributed by atoms with van der Waals surface area (Å²) in [5, 5.41) is 8.62. The zero-order valence-corrected chi connectivity index (χ0v) is 7.05. The van der Waals surface area contributed by atoms with E-state index in [4.69, 9.17) is 5.11 Å². The van der Waals surface area contributed by atoms with E-state index in [0.717, 1.165) is 12.0 Å². The highest BCUT2D eigenvalue weighted by atomic mass is 16.4.